The summed E-state index contributed by atoms with van der Waals surface area (Å²) >= 11 is 0. The van der Waals surface area contributed by atoms with Crippen LogP contribution < -0.4 is 10.6 Å². The van der Waals surface area contributed by atoms with Gasteiger partial charge in [0, 0.05) is 37.6 Å². The molecule has 116 valence electrons. The molecule has 0 bridgehead atoms. The van der Waals surface area contributed by atoms with Crippen LogP contribution in [0.2, 0.25) is 0 Å². The predicted octanol–water partition coefficient (Wildman–Crippen LogP) is 1.61. The van der Waals surface area contributed by atoms with E-state index in [0.717, 1.165) is 51.2 Å². The first-order chi connectivity index (χ1) is 9.54. The minimum Gasteiger partial charge on any atom is -0.353 e. The maximum Gasteiger partial charge on any atom is 0.223 e. The first kappa shape index (κ1) is 15.8. The van der Waals surface area contributed by atoms with Crippen molar-refractivity contribution in [3.63, 3.8) is 0 Å². The number of hydrogen-bond donors (Lipinski definition) is 2. The van der Waals surface area contributed by atoms with Gasteiger partial charge in [0.25, 0.3) is 0 Å². The summed E-state index contributed by atoms with van der Waals surface area (Å²) in [6, 6.07) is 0.878. The zero-order valence-corrected chi connectivity index (χ0v) is 13.3. The minimum absolute atomic E-state index is 0.222. The van der Waals surface area contributed by atoms with Crippen LogP contribution >= 0.6 is 0 Å². The number of hydrogen-bond acceptors (Lipinski definition) is 3. The number of piperidine rings is 2. The third kappa shape index (κ3) is 4.74. The average molecular weight is 281 g/mol. The van der Waals surface area contributed by atoms with Crippen molar-refractivity contribution >= 4 is 5.91 Å². The highest BCUT2D eigenvalue weighted by Gasteiger charge is 2.27. The summed E-state index contributed by atoms with van der Waals surface area (Å²) in [7, 11) is 0. The first-order valence-corrected chi connectivity index (χ1v) is 8.30. The fourth-order valence-electron chi connectivity index (χ4n) is 3.47. The van der Waals surface area contributed by atoms with E-state index in [4.69, 9.17) is 0 Å². The van der Waals surface area contributed by atoms with Crippen molar-refractivity contribution in [2.45, 2.75) is 58.5 Å². The van der Waals surface area contributed by atoms with Gasteiger partial charge in [0.1, 0.15) is 0 Å². The molecule has 2 N–H and O–H groups in total. The highest BCUT2D eigenvalue weighted by Crippen LogP contribution is 2.18. The molecule has 20 heavy (non-hydrogen) atoms. The van der Waals surface area contributed by atoms with Crippen LogP contribution in [0, 0.1) is 11.8 Å². The van der Waals surface area contributed by atoms with Gasteiger partial charge in [-0.05, 0) is 45.1 Å². The minimum atomic E-state index is 0.222. The molecule has 1 amide bonds. The van der Waals surface area contributed by atoms with Crippen molar-refractivity contribution in [1.82, 2.24) is 15.5 Å². The van der Waals surface area contributed by atoms with E-state index in [1.165, 1.54) is 6.54 Å². The van der Waals surface area contributed by atoms with Crippen molar-refractivity contribution in [2.24, 2.45) is 11.8 Å². The van der Waals surface area contributed by atoms with Gasteiger partial charge in [-0.1, -0.05) is 13.8 Å². The Morgan fingerprint density at radius 2 is 2.00 bits per heavy atom. The lowest BCUT2D eigenvalue weighted by Gasteiger charge is -2.34. The Kier molecular flexibility index (Phi) is 5.85. The Balaban J connectivity index is 1.70. The van der Waals surface area contributed by atoms with Crippen molar-refractivity contribution < 1.29 is 4.79 Å². The van der Waals surface area contributed by atoms with E-state index < -0.39 is 0 Å². The van der Waals surface area contributed by atoms with Gasteiger partial charge in [-0.3, -0.25) is 4.79 Å². The molecule has 0 aliphatic carbocycles. The first-order valence-electron chi connectivity index (χ1n) is 8.30. The van der Waals surface area contributed by atoms with Gasteiger partial charge in [-0.25, -0.2) is 0 Å². The largest absolute Gasteiger partial charge is 0.353 e. The molecule has 2 aliphatic rings. The maximum absolute atomic E-state index is 12.3. The number of nitrogens with zero attached hydrogens (tertiary/aromatic N) is 1. The molecule has 4 nitrogen and oxygen atoms in total. The number of carbonyl (C=O) groups is 1. The van der Waals surface area contributed by atoms with Crippen LogP contribution in [0.1, 0.15) is 46.5 Å². The van der Waals surface area contributed by atoms with E-state index >= 15 is 0 Å². The molecule has 0 aromatic rings. The van der Waals surface area contributed by atoms with Crippen LogP contribution in [-0.4, -0.2) is 49.1 Å². The Hall–Kier alpha value is -0.610. The highest BCUT2D eigenvalue weighted by molar-refractivity contribution is 5.79. The number of likely N-dealkylation sites (tertiary alicyclic amines) is 1. The Bertz CT molecular complexity index is 311. The van der Waals surface area contributed by atoms with Crippen molar-refractivity contribution in [3.05, 3.63) is 0 Å². The highest BCUT2D eigenvalue weighted by atomic mass is 16.1. The molecular formula is C16H31N3O. The fraction of sp³-hybridized carbons (Fsp3) is 0.938. The van der Waals surface area contributed by atoms with E-state index in [1.807, 2.05) is 0 Å². The number of nitrogens with one attached hydrogen (secondary N) is 2. The summed E-state index contributed by atoms with van der Waals surface area (Å²) in [4.78, 5) is 14.8. The zero-order chi connectivity index (χ0) is 14.5. The average Bonchev–Trinajstić information content (AvgIpc) is 2.40. The quantitative estimate of drug-likeness (QED) is 0.823. The molecule has 0 saturated carbocycles. The van der Waals surface area contributed by atoms with Gasteiger partial charge >= 0.3 is 0 Å². The molecule has 4 heteroatoms. The van der Waals surface area contributed by atoms with Gasteiger partial charge in [-0.15, -0.1) is 0 Å². The van der Waals surface area contributed by atoms with E-state index in [2.05, 4.69) is 36.3 Å². The predicted molar refractivity (Wildman–Crippen MR) is 82.6 cm³/mol. The molecule has 0 aromatic carbocycles. The van der Waals surface area contributed by atoms with Gasteiger partial charge in [0.2, 0.25) is 5.91 Å². The lowest BCUT2D eigenvalue weighted by atomic mass is 9.91. The topological polar surface area (TPSA) is 44.4 Å². The molecule has 2 atom stereocenters. The molecule has 2 heterocycles. The van der Waals surface area contributed by atoms with Crippen molar-refractivity contribution in [1.29, 1.82) is 0 Å². The van der Waals surface area contributed by atoms with E-state index in [1.54, 1.807) is 0 Å². The molecule has 0 spiro atoms. The van der Waals surface area contributed by atoms with Gasteiger partial charge < -0.3 is 15.5 Å². The zero-order valence-electron chi connectivity index (χ0n) is 13.3. The number of rotatable bonds is 4. The molecule has 2 saturated heterocycles. The molecule has 2 fully saturated rings. The normalized spacial score (nSPS) is 29.6. The molecule has 0 radical (unpaired) electrons. The van der Waals surface area contributed by atoms with E-state index in [-0.39, 0.29) is 5.92 Å². The van der Waals surface area contributed by atoms with Gasteiger partial charge in [-0.2, -0.15) is 0 Å². The van der Waals surface area contributed by atoms with Crippen LogP contribution in [0.3, 0.4) is 0 Å². The summed E-state index contributed by atoms with van der Waals surface area (Å²) in [5, 5.41) is 6.70. The Morgan fingerprint density at radius 1 is 1.30 bits per heavy atom. The second kappa shape index (κ2) is 7.41. The molecule has 2 aliphatic heterocycles. The smallest absolute Gasteiger partial charge is 0.223 e. The third-order valence-corrected chi connectivity index (χ3v) is 4.55. The SMILES string of the molecule is CC(C)CN1CCC(NC(=O)[C@H]2CCN[C@@H](C)C2)CC1. The summed E-state index contributed by atoms with van der Waals surface area (Å²) in [6.07, 6.45) is 4.19. The maximum atomic E-state index is 12.3. The van der Waals surface area contributed by atoms with Gasteiger partial charge in [0.05, 0.1) is 0 Å². The molecular weight excluding hydrogens is 250 g/mol. The van der Waals surface area contributed by atoms with Crippen molar-refractivity contribution in [3.8, 4) is 0 Å². The van der Waals surface area contributed by atoms with Crippen LogP contribution in [0.25, 0.3) is 0 Å². The Labute approximate surface area is 123 Å². The van der Waals surface area contributed by atoms with Crippen LogP contribution in [-0.2, 0) is 4.79 Å². The second-order valence-electron chi connectivity index (χ2n) is 7.05. The summed E-state index contributed by atoms with van der Waals surface area (Å²) < 4.78 is 0. The van der Waals surface area contributed by atoms with Crippen molar-refractivity contribution in [2.75, 3.05) is 26.2 Å². The standard InChI is InChI=1S/C16H31N3O/c1-12(2)11-19-8-5-15(6-9-19)18-16(20)14-4-7-17-13(3)10-14/h12-15,17H,4-11H2,1-3H3,(H,18,20)/t13-,14-/m0/s1. The van der Waals surface area contributed by atoms with Crippen LogP contribution in [0.5, 0.6) is 0 Å². The lowest BCUT2D eigenvalue weighted by Crippen LogP contribution is -2.49. The summed E-state index contributed by atoms with van der Waals surface area (Å²) in [6.45, 7) is 11.1. The monoisotopic (exact) mass is 281 g/mol. The lowest BCUT2D eigenvalue weighted by molar-refractivity contribution is -0.127. The fourth-order valence-corrected chi connectivity index (χ4v) is 3.47. The van der Waals surface area contributed by atoms with E-state index in [0.29, 0.717) is 18.0 Å². The second-order valence-corrected chi connectivity index (χ2v) is 7.05. The van der Waals surface area contributed by atoms with Crippen LogP contribution in [0.15, 0.2) is 0 Å². The molecule has 0 aromatic heterocycles. The number of amides is 1. The number of carbonyl (C=O) groups excluding carboxylic acids is 1. The summed E-state index contributed by atoms with van der Waals surface area (Å²) in [5.74, 6) is 1.25. The third-order valence-electron chi connectivity index (χ3n) is 4.55. The molecule has 2 rings (SSSR count). The Morgan fingerprint density at radius 3 is 2.60 bits per heavy atom. The van der Waals surface area contributed by atoms with Gasteiger partial charge in [0.15, 0.2) is 0 Å². The summed E-state index contributed by atoms with van der Waals surface area (Å²) in [5.41, 5.74) is 0. The molecule has 0 unspecified atom stereocenters. The van der Waals surface area contributed by atoms with E-state index in [9.17, 15) is 4.79 Å². The van der Waals surface area contributed by atoms with Crippen LogP contribution in [0.4, 0.5) is 0 Å².